The van der Waals surface area contributed by atoms with Gasteiger partial charge in [-0.25, -0.2) is 0 Å². The quantitative estimate of drug-likeness (QED) is 0.918. The number of hydrogen-bond acceptors (Lipinski definition) is 3. The van der Waals surface area contributed by atoms with Crippen LogP contribution in [-0.2, 0) is 4.79 Å². The molecule has 0 aromatic heterocycles. The minimum Gasteiger partial charge on any atom is -0.480 e. The largest absolute Gasteiger partial charge is 0.480 e. The van der Waals surface area contributed by atoms with E-state index in [1.165, 1.54) is 11.1 Å². The van der Waals surface area contributed by atoms with E-state index in [1.807, 2.05) is 42.5 Å². The summed E-state index contributed by atoms with van der Waals surface area (Å²) < 4.78 is 0. The van der Waals surface area contributed by atoms with E-state index < -0.39 is 11.9 Å². The molecule has 2 aromatic rings. The Morgan fingerprint density at radius 2 is 1.62 bits per heavy atom. The SMILES string of the molecule is N#CC(C(=O)O)C1CCN(C(c2ccccc2)c2ccccc2)C1. The number of carboxylic acid groups (broad SMARTS) is 1. The lowest BCUT2D eigenvalue weighted by molar-refractivity contribution is -0.141. The highest BCUT2D eigenvalue weighted by Crippen LogP contribution is 2.35. The summed E-state index contributed by atoms with van der Waals surface area (Å²) in [6, 6.07) is 22.5. The Morgan fingerprint density at radius 1 is 1.08 bits per heavy atom. The minimum atomic E-state index is -1.01. The molecule has 3 rings (SSSR count). The summed E-state index contributed by atoms with van der Waals surface area (Å²) in [7, 11) is 0. The zero-order chi connectivity index (χ0) is 16.9. The molecule has 24 heavy (non-hydrogen) atoms. The number of aliphatic carboxylic acids is 1. The van der Waals surface area contributed by atoms with Crippen LogP contribution < -0.4 is 0 Å². The monoisotopic (exact) mass is 320 g/mol. The Bertz CT molecular complexity index is 685. The highest BCUT2D eigenvalue weighted by Gasteiger charge is 2.37. The van der Waals surface area contributed by atoms with Crippen LogP contribution >= 0.6 is 0 Å². The summed E-state index contributed by atoms with van der Waals surface area (Å²) >= 11 is 0. The van der Waals surface area contributed by atoms with Crippen LogP contribution in [-0.4, -0.2) is 29.1 Å². The fourth-order valence-corrected chi connectivity index (χ4v) is 3.57. The smallest absolute Gasteiger partial charge is 0.321 e. The molecule has 1 fully saturated rings. The molecule has 0 aliphatic carbocycles. The van der Waals surface area contributed by atoms with Crippen molar-refractivity contribution < 1.29 is 9.90 Å². The van der Waals surface area contributed by atoms with Gasteiger partial charge < -0.3 is 5.11 Å². The van der Waals surface area contributed by atoms with E-state index in [0.29, 0.717) is 6.54 Å². The van der Waals surface area contributed by atoms with Crippen LogP contribution in [0.3, 0.4) is 0 Å². The van der Waals surface area contributed by atoms with E-state index in [1.54, 1.807) is 0 Å². The fraction of sp³-hybridized carbons (Fsp3) is 0.300. The molecule has 122 valence electrons. The summed E-state index contributed by atoms with van der Waals surface area (Å²) in [4.78, 5) is 13.6. The number of carboxylic acids is 1. The summed E-state index contributed by atoms with van der Waals surface area (Å²) in [6.45, 7) is 1.42. The molecule has 0 spiro atoms. The van der Waals surface area contributed by atoms with Crippen LogP contribution in [0.4, 0.5) is 0 Å². The maximum absolute atomic E-state index is 11.3. The van der Waals surface area contributed by atoms with E-state index in [2.05, 4.69) is 29.2 Å². The Balaban J connectivity index is 1.88. The number of nitriles is 1. The number of hydrogen-bond donors (Lipinski definition) is 1. The van der Waals surface area contributed by atoms with Gasteiger partial charge in [0.2, 0.25) is 0 Å². The summed E-state index contributed by atoms with van der Waals surface area (Å²) in [5, 5.41) is 18.4. The van der Waals surface area contributed by atoms with Gasteiger partial charge in [-0.15, -0.1) is 0 Å². The molecule has 1 aliphatic rings. The topological polar surface area (TPSA) is 64.3 Å². The van der Waals surface area contributed by atoms with E-state index in [4.69, 9.17) is 5.26 Å². The maximum Gasteiger partial charge on any atom is 0.321 e. The van der Waals surface area contributed by atoms with Crippen molar-refractivity contribution >= 4 is 5.97 Å². The number of rotatable bonds is 5. The third-order valence-electron chi connectivity index (χ3n) is 4.73. The Kier molecular flexibility index (Phi) is 4.93. The lowest BCUT2D eigenvalue weighted by Gasteiger charge is -2.29. The average molecular weight is 320 g/mol. The molecule has 2 unspecified atom stereocenters. The Labute approximate surface area is 142 Å². The molecule has 4 heteroatoms. The fourth-order valence-electron chi connectivity index (χ4n) is 3.57. The summed E-state index contributed by atoms with van der Waals surface area (Å²) in [6.07, 6.45) is 0.737. The lowest BCUT2D eigenvalue weighted by atomic mass is 9.92. The molecule has 0 bridgehead atoms. The standard InChI is InChI=1S/C20H20N2O2/c21-13-18(20(23)24)17-11-12-22(14-17)19(15-7-3-1-4-8-15)16-9-5-2-6-10-16/h1-10,17-19H,11-12,14H2,(H,23,24). The van der Waals surface area contributed by atoms with Gasteiger partial charge in [-0.05, 0) is 30.0 Å². The summed E-state index contributed by atoms with van der Waals surface area (Å²) in [5.74, 6) is -2.06. The van der Waals surface area contributed by atoms with Crippen LogP contribution in [0.15, 0.2) is 60.7 Å². The molecule has 0 saturated carbocycles. The number of likely N-dealkylation sites (tertiary alicyclic amines) is 1. The molecule has 2 aromatic carbocycles. The molecular weight excluding hydrogens is 300 g/mol. The first kappa shape index (κ1) is 16.2. The number of nitrogens with zero attached hydrogens (tertiary/aromatic N) is 2. The molecule has 4 nitrogen and oxygen atoms in total. The molecule has 0 amide bonds. The molecular formula is C20H20N2O2. The van der Waals surface area contributed by atoms with Crippen LogP contribution in [0.5, 0.6) is 0 Å². The first-order valence-corrected chi connectivity index (χ1v) is 8.17. The van der Waals surface area contributed by atoms with Crippen molar-refractivity contribution in [2.75, 3.05) is 13.1 Å². The third kappa shape index (κ3) is 3.32. The first-order valence-electron chi connectivity index (χ1n) is 8.17. The molecule has 0 radical (unpaired) electrons. The van der Waals surface area contributed by atoms with Crippen molar-refractivity contribution in [3.63, 3.8) is 0 Å². The highest BCUT2D eigenvalue weighted by molar-refractivity contribution is 5.73. The van der Waals surface area contributed by atoms with Crippen molar-refractivity contribution in [2.24, 2.45) is 11.8 Å². The van der Waals surface area contributed by atoms with E-state index in [9.17, 15) is 9.90 Å². The first-order chi connectivity index (χ1) is 11.7. The Morgan fingerprint density at radius 3 is 2.08 bits per heavy atom. The van der Waals surface area contributed by atoms with E-state index in [-0.39, 0.29) is 12.0 Å². The van der Waals surface area contributed by atoms with Crippen LogP contribution in [0.2, 0.25) is 0 Å². The van der Waals surface area contributed by atoms with Gasteiger partial charge in [0.05, 0.1) is 12.1 Å². The summed E-state index contributed by atoms with van der Waals surface area (Å²) in [5.41, 5.74) is 2.38. The van der Waals surface area contributed by atoms with Crippen molar-refractivity contribution in [1.82, 2.24) is 4.90 Å². The normalized spacial score (nSPS) is 19.1. The second-order valence-corrected chi connectivity index (χ2v) is 6.21. The second-order valence-electron chi connectivity index (χ2n) is 6.21. The van der Waals surface area contributed by atoms with Gasteiger partial charge in [-0.2, -0.15) is 5.26 Å². The van der Waals surface area contributed by atoms with Gasteiger partial charge in [0.15, 0.2) is 0 Å². The average Bonchev–Trinajstić information content (AvgIpc) is 3.06. The predicted octanol–water partition coefficient (Wildman–Crippen LogP) is 3.32. The van der Waals surface area contributed by atoms with Crippen molar-refractivity contribution in [1.29, 1.82) is 5.26 Å². The lowest BCUT2D eigenvalue weighted by Crippen LogP contribution is -2.30. The second kappa shape index (κ2) is 7.29. The van der Waals surface area contributed by atoms with Gasteiger partial charge in [-0.3, -0.25) is 9.69 Å². The molecule has 1 aliphatic heterocycles. The highest BCUT2D eigenvalue weighted by atomic mass is 16.4. The zero-order valence-corrected chi connectivity index (χ0v) is 13.4. The van der Waals surface area contributed by atoms with Gasteiger partial charge >= 0.3 is 5.97 Å². The van der Waals surface area contributed by atoms with E-state index in [0.717, 1.165) is 13.0 Å². The van der Waals surface area contributed by atoms with Crippen molar-refractivity contribution in [3.05, 3.63) is 71.8 Å². The number of carbonyl (C=O) groups is 1. The van der Waals surface area contributed by atoms with Crippen LogP contribution in [0, 0.1) is 23.2 Å². The number of benzene rings is 2. The zero-order valence-electron chi connectivity index (χ0n) is 13.4. The van der Waals surface area contributed by atoms with Crippen LogP contribution in [0.1, 0.15) is 23.6 Å². The van der Waals surface area contributed by atoms with Gasteiger partial charge in [0.25, 0.3) is 0 Å². The molecule has 1 saturated heterocycles. The maximum atomic E-state index is 11.3. The Hall–Kier alpha value is -2.64. The van der Waals surface area contributed by atoms with Crippen molar-refractivity contribution in [3.8, 4) is 6.07 Å². The molecule has 2 atom stereocenters. The van der Waals surface area contributed by atoms with E-state index >= 15 is 0 Å². The molecule has 1 N–H and O–H groups in total. The molecule has 1 heterocycles. The van der Waals surface area contributed by atoms with Gasteiger partial charge in [0, 0.05) is 6.54 Å². The predicted molar refractivity (Wildman–Crippen MR) is 91.1 cm³/mol. The van der Waals surface area contributed by atoms with Gasteiger partial charge in [0.1, 0.15) is 5.92 Å². The minimum absolute atomic E-state index is 0.0885. The third-order valence-corrected chi connectivity index (χ3v) is 4.73. The van der Waals surface area contributed by atoms with Crippen LogP contribution in [0.25, 0.3) is 0 Å². The van der Waals surface area contributed by atoms with Gasteiger partial charge in [-0.1, -0.05) is 60.7 Å². The van der Waals surface area contributed by atoms with Crippen molar-refractivity contribution in [2.45, 2.75) is 12.5 Å².